The van der Waals surface area contributed by atoms with Gasteiger partial charge in [0.2, 0.25) is 0 Å². The van der Waals surface area contributed by atoms with Crippen molar-refractivity contribution in [1.29, 1.82) is 5.26 Å². The Morgan fingerprint density at radius 1 is 1.42 bits per heavy atom. The molecular weight excluding hydrogens is 258 g/mol. The minimum atomic E-state index is 0.458. The van der Waals surface area contributed by atoms with Gasteiger partial charge in [-0.05, 0) is 31.6 Å². The molecule has 0 unspecified atom stereocenters. The van der Waals surface area contributed by atoms with Crippen molar-refractivity contribution in [3.05, 3.63) is 4.88 Å². The predicted octanol–water partition coefficient (Wildman–Crippen LogP) is 3.59. The van der Waals surface area contributed by atoms with E-state index in [1.807, 2.05) is 0 Å². The molecule has 0 atom stereocenters. The summed E-state index contributed by atoms with van der Waals surface area (Å²) in [5.74, 6) is 1.50. The first-order valence-electron chi connectivity index (χ1n) is 6.82. The van der Waals surface area contributed by atoms with Gasteiger partial charge in [0, 0.05) is 6.04 Å². The molecule has 0 spiro atoms. The molecule has 0 aliphatic heterocycles. The Morgan fingerprint density at radius 3 is 2.63 bits per heavy atom. The molecule has 5 heteroatoms. The number of hydrogen-bond donors (Lipinski definition) is 2. The van der Waals surface area contributed by atoms with Crippen LogP contribution in [-0.2, 0) is 0 Å². The minimum absolute atomic E-state index is 0.458. The van der Waals surface area contributed by atoms with Crippen LogP contribution < -0.4 is 15.8 Å². The average Bonchev–Trinajstić information content (AvgIpc) is 2.75. The molecule has 1 aliphatic carbocycles. The molecule has 0 saturated heterocycles. The van der Waals surface area contributed by atoms with E-state index in [9.17, 15) is 0 Å². The van der Waals surface area contributed by atoms with Crippen molar-refractivity contribution in [3.63, 3.8) is 0 Å². The van der Waals surface area contributed by atoms with Crippen LogP contribution in [0.5, 0.6) is 5.75 Å². The van der Waals surface area contributed by atoms with Gasteiger partial charge in [0.25, 0.3) is 0 Å². The van der Waals surface area contributed by atoms with E-state index in [0.29, 0.717) is 22.4 Å². The van der Waals surface area contributed by atoms with Gasteiger partial charge >= 0.3 is 0 Å². The summed E-state index contributed by atoms with van der Waals surface area (Å²) in [7, 11) is 1.60. The number of nitrogens with zero attached hydrogens (tertiary/aromatic N) is 1. The predicted molar refractivity (Wildman–Crippen MR) is 79.7 cm³/mol. The number of methoxy groups -OCH3 is 1. The normalized spacial score (nSPS) is 22.8. The van der Waals surface area contributed by atoms with E-state index in [2.05, 4.69) is 18.3 Å². The summed E-state index contributed by atoms with van der Waals surface area (Å²) in [6, 6.07) is 2.59. The van der Waals surface area contributed by atoms with Crippen LogP contribution in [0.2, 0.25) is 0 Å². The topological polar surface area (TPSA) is 71.1 Å². The van der Waals surface area contributed by atoms with Crippen LogP contribution in [0.25, 0.3) is 0 Å². The van der Waals surface area contributed by atoms with Crippen molar-refractivity contribution < 1.29 is 4.74 Å². The van der Waals surface area contributed by atoms with Gasteiger partial charge < -0.3 is 15.8 Å². The second-order valence-electron chi connectivity index (χ2n) is 5.09. The second kappa shape index (κ2) is 6.16. The fourth-order valence-corrected chi connectivity index (χ4v) is 3.67. The van der Waals surface area contributed by atoms with Gasteiger partial charge in [-0.15, -0.1) is 11.3 Å². The Hall–Kier alpha value is -1.41. The van der Waals surface area contributed by atoms with E-state index in [-0.39, 0.29) is 0 Å². The molecule has 1 aliphatic rings. The summed E-state index contributed by atoms with van der Waals surface area (Å²) in [5, 5.41) is 13.4. The highest BCUT2D eigenvalue weighted by Gasteiger charge is 2.23. The quantitative estimate of drug-likeness (QED) is 0.883. The average molecular weight is 279 g/mol. The van der Waals surface area contributed by atoms with Crippen molar-refractivity contribution in [2.24, 2.45) is 5.92 Å². The number of hydrogen-bond acceptors (Lipinski definition) is 5. The molecule has 19 heavy (non-hydrogen) atoms. The lowest BCUT2D eigenvalue weighted by Gasteiger charge is -2.28. The van der Waals surface area contributed by atoms with Crippen LogP contribution in [0.3, 0.4) is 0 Å². The largest absolute Gasteiger partial charge is 0.492 e. The maximum Gasteiger partial charge on any atom is 0.177 e. The molecule has 4 nitrogen and oxygen atoms in total. The van der Waals surface area contributed by atoms with Gasteiger partial charge in [-0.25, -0.2) is 0 Å². The number of nitrogens with two attached hydrogens (primary N) is 1. The monoisotopic (exact) mass is 279 g/mol. The van der Waals surface area contributed by atoms with Crippen LogP contribution in [0.1, 0.15) is 43.9 Å². The molecule has 0 bridgehead atoms. The number of nitriles is 1. The van der Waals surface area contributed by atoms with E-state index in [1.165, 1.54) is 43.4 Å². The summed E-state index contributed by atoms with van der Waals surface area (Å²) in [4.78, 5) is 0.529. The smallest absolute Gasteiger partial charge is 0.177 e. The molecule has 3 N–H and O–H groups in total. The lowest BCUT2D eigenvalue weighted by atomic mass is 9.84. The number of thiophene rings is 1. The molecule has 1 saturated carbocycles. The lowest BCUT2D eigenvalue weighted by molar-refractivity contribution is 0.329. The number of nitrogens with one attached hydrogen (secondary N) is 1. The van der Waals surface area contributed by atoms with Gasteiger partial charge in [-0.3, -0.25) is 0 Å². The highest BCUT2D eigenvalue weighted by molar-refractivity contribution is 7.17. The van der Waals surface area contributed by atoms with Crippen LogP contribution in [-0.4, -0.2) is 13.2 Å². The fraction of sp³-hybridized carbons (Fsp3) is 0.643. The summed E-state index contributed by atoms with van der Waals surface area (Å²) < 4.78 is 5.31. The van der Waals surface area contributed by atoms with Crippen molar-refractivity contribution in [2.45, 2.75) is 45.1 Å². The Labute approximate surface area is 118 Å². The SMILES string of the molecule is CCC1CCC(Nc2sc(C#N)c(N)c2OC)CC1. The highest BCUT2D eigenvalue weighted by atomic mass is 32.1. The molecule has 1 aromatic heterocycles. The van der Waals surface area contributed by atoms with Crippen molar-refractivity contribution >= 4 is 22.0 Å². The number of nitrogen functional groups attached to an aromatic ring is 1. The van der Waals surface area contributed by atoms with E-state index >= 15 is 0 Å². The van der Waals surface area contributed by atoms with Gasteiger partial charge in [0.05, 0.1) is 7.11 Å². The standard InChI is InChI=1S/C14H21N3OS/c1-3-9-4-6-10(7-5-9)17-14-13(18-2)12(16)11(8-15)19-14/h9-10,17H,3-7,16H2,1-2H3. The van der Waals surface area contributed by atoms with Gasteiger partial charge in [-0.1, -0.05) is 13.3 Å². The molecule has 1 aromatic rings. The van der Waals surface area contributed by atoms with Crippen molar-refractivity contribution in [1.82, 2.24) is 0 Å². The summed E-state index contributed by atoms with van der Waals surface area (Å²) in [5.41, 5.74) is 6.35. The third-order valence-corrected chi connectivity index (χ3v) is 4.99. The molecule has 0 radical (unpaired) electrons. The minimum Gasteiger partial charge on any atom is -0.492 e. The van der Waals surface area contributed by atoms with Crippen LogP contribution in [0, 0.1) is 17.2 Å². The first kappa shape index (κ1) is 14.0. The van der Waals surface area contributed by atoms with E-state index in [1.54, 1.807) is 7.11 Å². The number of rotatable bonds is 4. The summed E-state index contributed by atoms with van der Waals surface area (Å²) in [6.07, 6.45) is 6.20. The molecular formula is C14H21N3OS. The Kier molecular flexibility index (Phi) is 4.54. The van der Waals surface area contributed by atoms with Crippen LogP contribution in [0.4, 0.5) is 10.7 Å². The lowest BCUT2D eigenvalue weighted by Crippen LogP contribution is -2.25. The van der Waals surface area contributed by atoms with Crippen molar-refractivity contribution in [2.75, 3.05) is 18.2 Å². The zero-order chi connectivity index (χ0) is 13.8. The zero-order valence-electron chi connectivity index (χ0n) is 11.5. The molecule has 2 rings (SSSR count). The fourth-order valence-electron chi connectivity index (χ4n) is 2.71. The first-order valence-corrected chi connectivity index (χ1v) is 7.64. The van der Waals surface area contributed by atoms with E-state index in [0.717, 1.165) is 10.9 Å². The van der Waals surface area contributed by atoms with E-state index in [4.69, 9.17) is 15.7 Å². The summed E-state index contributed by atoms with van der Waals surface area (Å²) >= 11 is 1.39. The van der Waals surface area contributed by atoms with Gasteiger partial charge in [0.1, 0.15) is 21.6 Å². The second-order valence-corrected chi connectivity index (χ2v) is 6.11. The van der Waals surface area contributed by atoms with Crippen LogP contribution in [0.15, 0.2) is 0 Å². The molecule has 104 valence electrons. The Morgan fingerprint density at radius 2 is 2.11 bits per heavy atom. The molecule has 1 heterocycles. The van der Waals surface area contributed by atoms with Gasteiger partial charge in [-0.2, -0.15) is 5.26 Å². The maximum atomic E-state index is 9.02. The third kappa shape index (κ3) is 2.95. The number of ether oxygens (including phenoxy) is 1. The van der Waals surface area contributed by atoms with Crippen molar-refractivity contribution in [3.8, 4) is 11.8 Å². The molecule has 0 amide bonds. The Balaban J connectivity index is 2.06. The van der Waals surface area contributed by atoms with Gasteiger partial charge in [0.15, 0.2) is 5.75 Å². The summed E-state index contributed by atoms with van der Waals surface area (Å²) in [6.45, 7) is 2.26. The molecule has 0 aromatic carbocycles. The van der Waals surface area contributed by atoms with E-state index < -0.39 is 0 Å². The highest BCUT2D eigenvalue weighted by Crippen LogP contribution is 2.43. The number of anilines is 2. The third-order valence-electron chi connectivity index (χ3n) is 3.96. The first-order chi connectivity index (χ1) is 9.19. The Bertz CT molecular complexity index is 470. The van der Waals surface area contributed by atoms with Crippen LogP contribution >= 0.6 is 11.3 Å². The molecule has 1 fully saturated rings. The maximum absolute atomic E-state index is 9.02. The zero-order valence-corrected chi connectivity index (χ0v) is 12.3.